The van der Waals surface area contributed by atoms with Crippen LogP contribution in [-0.2, 0) is 50.6 Å². The molecule has 0 atom stereocenters. The van der Waals surface area contributed by atoms with E-state index in [1.54, 1.807) is 0 Å². The van der Waals surface area contributed by atoms with Gasteiger partial charge in [0.1, 0.15) is 26.6 Å². The summed E-state index contributed by atoms with van der Waals surface area (Å²) in [5.74, 6) is -2.41. The minimum absolute atomic E-state index is 0. The van der Waals surface area contributed by atoms with Crippen LogP contribution >= 0.6 is 0 Å². The first kappa shape index (κ1) is 45.7. The van der Waals surface area contributed by atoms with Crippen LogP contribution in [0, 0.1) is 10.1 Å². The van der Waals surface area contributed by atoms with E-state index in [9.17, 15) is 19.7 Å². The van der Waals surface area contributed by atoms with E-state index in [-0.39, 0.29) is 55.4 Å². The van der Waals surface area contributed by atoms with Crippen molar-refractivity contribution in [3.63, 3.8) is 0 Å². The fourth-order valence-electron chi connectivity index (χ4n) is 1.70. The normalized spacial score (nSPS) is 7.50. The van der Waals surface area contributed by atoms with Gasteiger partial charge < -0.3 is 51.1 Å². The Morgan fingerprint density at radius 1 is 1.03 bits per heavy atom. The first-order chi connectivity index (χ1) is 12.4. The van der Waals surface area contributed by atoms with Crippen LogP contribution in [0.4, 0.5) is 5.82 Å². The van der Waals surface area contributed by atoms with Gasteiger partial charge in [0.15, 0.2) is 6.33 Å². The maximum atomic E-state index is 10.6. The summed E-state index contributed by atoms with van der Waals surface area (Å²) in [6.45, 7) is 5.68. The molecule has 1 radical (unpaired) electrons. The molecular weight excluding hydrogens is 502 g/mol. The molecule has 0 saturated carbocycles. The molecule has 0 unspecified atom stereocenters. The fraction of sp³-hybridized carbons (Fsp3) is 0.385. The number of carboxylic acids is 2. The van der Waals surface area contributed by atoms with Crippen molar-refractivity contribution in [2.75, 3.05) is 19.6 Å². The molecule has 0 spiro atoms. The Hall–Kier alpha value is -2.95. The van der Waals surface area contributed by atoms with Gasteiger partial charge in [0, 0.05) is 26.7 Å². The van der Waals surface area contributed by atoms with Crippen LogP contribution in [0.5, 0.6) is 0 Å². The van der Waals surface area contributed by atoms with E-state index in [1.165, 1.54) is 15.8 Å². The fourth-order valence-corrected chi connectivity index (χ4v) is 1.70. The molecule has 0 aliphatic carbocycles. The molecule has 1 heterocycles. The standard InChI is InChI=1S/C10H14N4O6.3CH2O.3H2O.Tc/c15-9(16)5-12(6-10(17)18)2-1-3-13-7-11-4-8(13)14(19)20;3*1-2;;;;/h4,7H,1-3,5-6H2,(H,15,16)(H,17,18);3*1H2;3*1H2;. The summed E-state index contributed by atoms with van der Waals surface area (Å²) in [7, 11) is 0. The number of hydrogen-bond acceptors (Lipinski definition) is 9. The maximum absolute atomic E-state index is 10.6. The number of aliphatic carboxylic acids is 2. The van der Waals surface area contributed by atoms with Gasteiger partial charge in [-0.1, -0.05) is 0 Å². The molecular formula is C13H26N4O12Tc. The van der Waals surface area contributed by atoms with E-state index < -0.39 is 30.0 Å². The number of aromatic nitrogens is 2. The second-order valence-corrected chi connectivity index (χ2v) is 4.05. The molecule has 16 nitrogen and oxygen atoms in total. The van der Waals surface area contributed by atoms with Crippen molar-refractivity contribution in [1.82, 2.24) is 14.5 Å². The second-order valence-electron chi connectivity index (χ2n) is 4.05. The van der Waals surface area contributed by atoms with E-state index in [0.29, 0.717) is 6.42 Å². The molecule has 0 bridgehead atoms. The molecule has 1 rings (SSSR count). The largest absolute Gasteiger partial charge is 0.480 e. The van der Waals surface area contributed by atoms with Gasteiger partial charge >= 0.3 is 17.8 Å². The summed E-state index contributed by atoms with van der Waals surface area (Å²) in [5, 5.41) is 28.0. The van der Waals surface area contributed by atoms with Gasteiger partial charge in [0.25, 0.3) is 0 Å². The molecule has 0 amide bonds. The summed E-state index contributed by atoms with van der Waals surface area (Å²) >= 11 is 0. The number of nitrogens with zero attached hydrogens (tertiary/aromatic N) is 4. The Labute approximate surface area is 183 Å². The van der Waals surface area contributed by atoms with Gasteiger partial charge in [-0.25, -0.2) is 9.55 Å². The Morgan fingerprint density at radius 2 is 1.43 bits per heavy atom. The third kappa shape index (κ3) is 23.1. The van der Waals surface area contributed by atoms with Gasteiger partial charge in [-0.05, 0) is 11.3 Å². The first-order valence-electron chi connectivity index (χ1n) is 6.57. The van der Waals surface area contributed by atoms with E-state index in [2.05, 4.69) is 4.98 Å². The molecule has 0 aliphatic heterocycles. The van der Waals surface area contributed by atoms with Crippen molar-refractivity contribution in [1.29, 1.82) is 0 Å². The average Bonchev–Trinajstić information content (AvgIpc) is 3.08. The number of aryl methyl sites for hydroxylation is 1. The predicted octanol–water partition coefficient (Wildman–Crippen LogP) is -3.38. The van der Waals surface area contributed by atoms with Gasteiger partial charge in [0.05, 0.1) is 19.6 Å². The van der Waals surface area contributed by atoms with Gasteiger partial charge in [-0.3, -0.25) is 14.5 Å². The summed E-state index contributed by atoms with van der Waals surface area (Å²) in [5.41, 5.74) is 0. The Morgan fingerprint density at radius 3 is 1.77 bits per heavy atom. The van der Waals surface area contributed by atoms with Gasteiger partial charge in [-0.2, -0.15) is 0 Å². The number of rotatable bonds is 9. The smallest absolute Gasteiger partial charge is 0.342 e. The van der Waals surface area contributed by atoms with Crippen molar-refractivity contribution < 1.29 is 75.6 Å². The monoisotopic (exact) mass is 527 g/mol. The van der Waals surface area contributed by atoms with Crippen LogP contribution in [0.15, 0.2) is 12.5 Å². The summed E-state index contributed by atoms with van der Waals surface area (Å²) in [6, 6.07) is 0. The Balaban J connectivity index is -0.0000000969. The zero-order chi connectivity index (χ0) is 21.1. The number of carbonyl (C=O) groups excluding carboxylic acids is 3. The maximum Gasteiger partial charge on any atom is 0.342 e. The number of carboxylic acid groups (broad SMARTS) is 2. The predicted molar refractivity (Wildman–Crippen MR) is 97.4 cm³/mol. The second kappa shape index (κ2) is 30.8. The van der Waals surface area contributed by atoms with Gasteiger partial charge in [0.2, 0.25) is 0 Å². The number of nitro groups is 1. The number of carbonyl (C=O) groups is 5. The Kier molecular flexibility index (Phi) is 46.8. The van der Waals surface area contributed by atoms with E-state index >= 15 is 0 Å². The molecule has 1 aromatic heterocycles. The molecule has 8 N–H and O–H groups in total. The topological polar surface area (TPSA) is 285 Å². The summed E-state index contributed by atoms with van der Waals surface area (Å²) in [6.07, 6.45) is 2.79. The van der Waals surface area contributed by atoms with E-state index in [1.807, 2.05) is 20.4 Å². The third-order valence-electron chi connectivity index (χ3n) is 2.47. The van der Waals surface area contributed by atoms with Crippen LogP contribution in [0.1, 0.15) is 6.42 Å². The molecule has 30 heavy (non-hydrogen) atoms. The van der Waals surface area contributed by atoms with Crippen LogP contribution < -0.4 is 0 Å². The Bertz CT molecular complexity index is 539. The van der Waals surface area contributed by atoms with Crippen molar-refractivity contribution in [3.8, 4) is 0 Å². The molecule has 0 aliphatic rings. The average molecular weight is 528 g/mol. The van der Waals surface area contributed by atoms with E-state index in [0.717, 1.165) is 6.20 Å². The quantitative estimate of drug-likeness (QED) is 0.235. The van der Waals surface area contributed by atoms with Crippen LogP contribution in [0.2, 0.25) is 0 Å². The summed E-state index contributed by atoms with van der Waals surface area (Å²) < 4.78 is 1.32. The minimum Gasteiger partial charge on any atom is -0.480 e. The molecule has 177 valence electrons. The number of imidazole rings is 1. The number of hydrogen-bond donors (Lipinski definition) is 2. The molecule has 17 heteroatoms. The van der Waals surface area contributed by atoms with Gasteiger partial charge in [-0.15, -0.1) is 0 Å². The third-order valence-corrected chi connectivity index (χ3v) is 2.47. The zero-order valence-electron chi connectivity index (χ0n) is 15.7. The van der Waals surface area contributed by atoms with Crippen LogP contribution in [0.25, 0.3) is 0 Å². The zero-order valence-corrected chi connectivity index (χ0v) is 17.6. The van der Waals surface area contributed by atoms with Crippen LogP contribution in [-0.4, -0.2) is 98.0 Å². The molecule has 0 fully saturated rings. The SMILES string of the molecule is C=O.C=O.C=O.O.O.O.O=C(O)CN(CCCn1cncc1[N+](=O)[O-])CC(=O)O.[Tc]. The van der Waals surface area contributed by atoms with Crippen molar-refractivity contribution >= 4 is 38.1 Å². The molecule has 0 saturated heterocycles. The molecule has 0 aromatic carbocycles. The molecule has 1 aromatic rings. The van der Waals surface area contributed by atoms with Crippen molar-refractivity contribution in [2.45, 2.75) is 13.0 Å². The van der Waals surface area contributed by atoms with Crippen molar-refractivity contribution in [3.05, 3.63) is 22.6 Å². The summed E-state index contributed by atoms with van der Waals surface area (Å²) in [4.78, 5) is 60.2. The van der Waals surface area contributed by atoms with Crippen molar-refractivity contribution in [2.24, 2.45) is 0 Å². The van der Waals surface area contributed by atoms with Crippen LogP contribution in [0.3, 0.4) is 0 Å². The first-order valence-corrected chi connectivity index (χ1v) is 6.57. The minimum atomic E-state index is -1.13. The van der Waals surface area contributed by atoms with E-state index in [4.69, 9.17) is 24.6 Å².